The molecule has 0 saturated heterocycles. The van der Waals surface area contributed by atoms with Crippen LogP contribution < -0.4 is 15.0 Å². The normalized spacial score (nSPS) is 13.4. The maximum absolute atomic E-state index is 12.4. The molecule has 0 spiro atoms. The largest absolute Gasteiger partial charge is 0.489 e. The lowest BCUT2D eigenvalue weighted by Crippen LogP contribution is -2.14. The second kappa shape index (κ2) is 6.97. The molecule has 0 atom stereocenters. The van der Waals surface area contributed by atoms with Gasteiger partial charge in [-0.05, 0) is 12.1 Å². The van der Waals surface area contributed by atoms with Crippen LogP contribution in [0.1, 0.15) is 22.5 Å². The van der Waals surface area contributed by atoms with E-state index in [1.54, 1.807) is 17.6 Å². The van der Waals surface area contributed by atoms with Gasteiger partial charge in [-0.1, -0.05) is 11.6 Å². The molecule has 26 heavy (non-hydrogen) atoms. The molecule has 0 amide bonds. The molecular weight excluding hydrogens is 380 g/mol. The maximum atomic E-state index is 12.4. The van der Waals surface area contributed by atoms with E-state index in [4.69, 9.17) is 25.8 Å². The summed E-state index contributed by atoms with van der Waals surface area (Å²) in [5.41, 5.74) is 0.403. The van der Waals surface area contributed by atoms with Gasteiger partial charge >= 0.3 is 5.97 Å². The fourth-order valence-electron chi connectivity index (χ4n) is 2.53. The topological polar surface area (TPSA) is 79.1 Å². The Morgan fingerprint density at radius 2 is 2.15 bits per heavy atom. The molecule has 9 heteroatoms. The van der Waals surface area contributed by atoms with Crippen LogP contribution in [0.4, 0.5) is 0 Å². The molecule has 0 N–H and O–H groups in total. The third-order valence-corrected chi connectivity index (χ3v) is 4.78. The van der Waals surface area contributed by atoms with Gasteiger partial charge in [-0.2, -0.15) is 0 Å². The predicted octanol–water partition coefficient (Wildman–Crippen LogP) is 2.93. The zero-order valence-corrected chi connectivity index (χ0v) is 15.0. The number of carbonyl (C=O) groups is 1. The Morgan fingerprint density at radius 3 is 3.04 bits per heavy atom. The van der Waals surface area contributed by atoms with Crippen molar-refractivity contribution in [2.45, 2.75) is 13.0 Å². The third kappa shape index (κ3) is 3.25. The number of hydrogen-bond acceptors (Lipinski definition) is 7. The highest BCUT2D eigenvalue weighted by Gasteiger charge is 2.19. The van der Waals surface area contributed by atoms with Crippen LogP contribution in [0.5, 0.6) is 11.5 Å². The molecule has 3 heterocycles. The number of rotatable bonds is 3. The van der Waals surface area contributed by atoms with E-state index < -0.39 is 5.97 Å². The Hall–Kier alpha value is -2.58. The quantitative estimate of drug-likeness (QED) is 0.638. The van der Waals surface area contributed by atoms with E-state index in [2.05, 4.69) is 4.98 Å². The van der Waals surface area contributed by atoms with Crippen LogP contribution in [-0.4, -0.2) is 28.6 Å². The van der Waals surface area contributed by atoms with E-state index in [9.17, 15) is 9.59 Å². The molecule has 1 aliphatic heterocycles. The van der Waals surface area contributed by atoms with E-state index in [0.717, 1.165) is 6.42 Å². The minimum atomic E-state index is -0.587. The summed E-state index contributed by atoms with van der Waals surface area (Å²) in [4.78, 5) is 29.1. The highest BCUT2D eigenvalue weighted by molar-refractivity contribution is 7.15. The third-order valence-electron chi connectivity index (χ3n) is 3.75. The Kier molecular flexibility index (Phi) is 4.52. The summed E-state index contributed by atoms with van der Waals surface area (Å²) in [7, 11) is 0. The second-order valence-corrected chi connectivity index (χ2v) is 6.83. The van der Waals surface area contributed by atoms with Crippen LogP contribution in [0.3, 0.4) is 0 Å². The van der Waals surface area contributed by atoms with Crippen LogP contribution in [-0.2, 0) is 11.3 Å². The van der Waals surface area contributed by atoms with Crippen molar-refractivity contribution in [3.63, 3.8) is 0 Å². The van der Waals surface area contributed by atoms with Gasteiger partial charge in [0.2, 0.25) is 0 Å². The molecule has 1 aliphatic rings. The van der Waals surface area contributed by atoms with Gasteiger partial charge in [0, 0.05) is 24.1 Å². The summed E-state index contributed by atoms with van der Waals surface area (Å²) >= 11 is 7.52. The molecule has 0 saturated carbocycles. The van der Waals surface area contributed by atoms with Gasteiger partial charge in [0.25, 0.3) is 5.56 Å². The lowest BCUT2D eigenvalue weighted by atomic mass is 10.2. The number of thiazole rings is 1. The summed E-state index contributed by atoms with van der Waals surface area (Å²) < 4.78 is 17.8. The Morgan fingerprint density at radius 1 is 1.31 bits per heavy atom. The molecule has 7 nitrogen and oxygen atoms in total. The van der Waals surface area contributed by atoms with E-state index in [-0.39, 0.29) is 22.8 Å². The van der Waals surface area contributed by atoms with Crippen molar-refractivity contribution >= 4 is 33.9 Å². The number of aromatic nitrogens is 2. The first kappa shape index (κ1) is 16.9. The number of halogens is 1. The van der Waals surface area contributed by atoms with Gasteiger partial charge in [0.15, 0.2) is 16.5 Å². The fraction of sp³-hybridized carbons (Fsp3) is 0.235. The maximum Gasteiger partial charge on any atom is 0.338 e. The monoisotopic (exact) mass is 392 g/mol. The molecular formula is C17H13ClN2O5S. The van der Waals surface area contributed by atoms with Gasteiger partial charge in [0.1, 0.15) is 6.61 Å². The number of ether oxygens (including phenoxy) is 3. The molecule has 4 rings (SSSR count). The van der Waals surface area contributed by atoms with Crippen molar-refractivity contribution in [1.82, 2.24) is 9.38 Å². The van der Waals surface area contributed by atoms with Crippen LogP contribution in [0.25, 0.3) is 4.96 Å². The van der Waals surface area contributed by atoms with Gasteiger partial charge in [0.05, 0.1) is 29.5 Å². The van der Waals surface area contributed by atoms with Crippen molar-refractivity contribution in [1.29, 1.82) is 0 Å². The molecule has 0 bridgehead atoms. The zero-order valence-electron chi connectivity index (χ0n) is 13.4. The van der Waals surface area contributed by atoms with Gasteiger partial charge in [-0.15, -0.1) is 11.3 Å². The van der Waals surface area contributed by atoms with Gasteiger partial charge < -0.3 is 14.2 Å². The van der Waals surface area contributed by atoms with E-state index in [1.807, 2.05) is 0 Å². The number of nitrogens with zero attached hydrogens (tertiary/aromatic N) is 2. The number of carbonyl (C=O) groups excluding carboxylic acids is 1. The summed E-state index contributed by atoms with van der Waals surface area (Å²) in [6.07, 6.45) is 2.38. The average Bonchev–Trinajstić information content (AvgIpc) is 2.97. The average molecular weight is 393 g/mol. The first-order valence-corrected chi connectivity index (χ1v) is 9.09. The van der Waals surface area contributed by atoms with Crippen LogP contribution in [0.2, 0.25) is 5.02 Å². The van der Waals surface area contributed by atoms with Gasteiger partial charge in [-0.25, -0.2) is 9.78 Å². The van der Waals surface area contributed by atoms with Crippen LogP contribution >= 0.6 is 22.9 Å². The van der Waals surface area contributed by atoms with E-state index in [1.165, 1.54) is 27.9 Å². The minimum absolute atomic E-state index is 0.117. The minimum Gasteiger partial charge on any atom is -0.489 e. The SMILES string of the molecule is O=C(OCc1cc(=O)n2ccsc2n1)c1cc(Cl)c2c(c1)OCCCO2. The van der Waals surface area contributed by atoms with Crippen molar-refractivity contribution < 1.29 is 19.0 Å². The van der Waals surface area contributed by atoms with E-state index in [0.29, 0.717) is 35.4 Å². The highest BCUT2D eigenvalue weighted by atomic mass is 35.5. The van der Waals surface area contributed by atoms with Crippen molar-refractivity contribution in [3.8, 4) is 11.5 Å². The summed E-state index contributed by atoms with van der Waals surface area (Å²) in [6.45, 7) is 0.869. The van der Waals surface area contributed by atoms with Gasteiger partial charge in [-0.3, -0.25) is 9.20 Å². The standard InChI is InChI=1S/C17H13ClN2O5S/c18-12-6-10(7-13-15(12)24-4-1-3-23-13)16(22)25-9-11-8-14(21)20-2-5-26-17(20)19-11/h2,5-8H,1,3-4,9H2. The second-order valence-electron chi connectivity index (χ2n) is 5.55. The first-order valence-electron chi connectivity index (χ1n) is 7.84. The number of benzene rings is 1. The molecule has 0 unspecified atom stereocenters. The molecule has 3 aromatic rings. The molecule has 134 valence electrons. The summed E-state index contributed by atoms with van der Waals surface area (Å²) in [6, 6.07) is 4.36. The zero-order chi connectivity index (χ0) is 18.1. The van der Waals surface area contributed by atoms with Crippen LogP contribution in [0.15, 0.2) is 34.6 Å². The Balaban J connectivity index is 1.53. The molecule has 0 radical (unpaired) electrons. The lowest BCUT2D eigenvalue weighted by molar-refractivity contribution is 0.0467. The molecule has 2 aromatic heterocycles. The fourth-order valence-corrected chi connectivity index (χ4v) is 3.54. The van der Waals surface area contributed by atoms with Crippen LogP contribution in [0, 0.1) is 0 Å². The highest BCUT2D eigenvalue weighted by Crippen LogP contribution is 2.38. The number of esters is 1. The first-order chi connectivity index (χ1) is 12.6. The Labute approximate surface area is 156 Å². The van der Waals surface area contributed by atoms with Crippen molar-refractivity contribution in [3.05, 3.63) is 56.4 Å². The summed E-state index contributed by atoms with van der Waals surface area (Å²) in [5.74, 6) is 0.257. The number of fused-ring (bicyclic) bond motifs is 2. The van der Waals surface area contributed by atoms with Crippen molar-refractivity contribution in [2.75, 3.05) is 13.2 Å². The summed E-state index contributed by atoms with van der Waals surface area (Å²) in [5, 5.41) is 2.05. The van der Waals surface area contributed by atoms with E-state index >= 15 is 0 Å². The molecule has 0 fully saturated rings. The lowest BCUT2D eigenvalue weighted by Gasteiger charge is -2.11. The molecule has 0 aliphatic carbocycles. The smallest absolute Gasteiger partial charge is 0.338 e. The number of hydrogen-bond donors (Lipinski definition) is 0. The predicted molar refractivity (Wildman–Crippen MR) is 95.5 cm³/mol. The Bertz CT molecular complexity index is 1050. The van der Waals surface area contributed by atoms with Crippen molar-refractivity contribution in [2.24, 2.45) is 0 Å². The molecule has 1 aromatic carbocycles.